The first kappa shape index (κ1) is 25.7. The summed E-state index contributed by atoms with van der Waals surface area (Å²) in [6.45, 7) is -0.0864. The molecule has 35 heavy (non-hydrogen) atoms. The zero-order chi connectivity index (χ0) is 25.4. The van der Waals surface area contributed by atoms with Crippen LogP contribution >= 0.6 is 0 Å². The highest BCUT2D eigenvalue weighted by Gasteiger charge is 2.21. The molecule has 3 aromatic rings. The highest BCUT2D eigenvalue weighted by atomic mass is 32.2. The summed E-state index contributed by atoms with van der Waals surface area (Å²) in [5.41, 5.74) is 1.57. The molecule has 0 fully saturated rings. The minimum Gasteiger partial charge on any atom is -0.493 e. The van der Waals surface area contributed by atoms with Gasteiger partial charge in [-0.3, -0.25) is 4.79 Å². The lowest BCUT2D eigenvalue weighted by molar-refractivity contribution is -0.118. The van der Waals surface area contributed by atoms with Gasteiger partial charge < -0.3 is 19.5 Å². The lowest BCUT2D eigenvalue weighted by Gasteiger charge is -2.17. The van der Waals surface area contributed by atoms with E-state index in [0.29, 0.717) is 5.69 Å². The van der Waals surface area contributed by atoms with Crippen LogP contribution in [0.4, 0.5) is 5.69 Å². The van der Waals surface area contributed by atoms with Crippen molar-refractivity contribution in [2.45, 2.75) is 11.4 Å². The summed E-state index contributed by atoms with van der Waals surface area (Å²) >= 11 is 0. The first-order chi connectivity index (χ1) is 16.7. The summed E-state index contributed by atoms with van der Waals surface area (Å²) in [5, 5.41) is 2.65. The van der Waals surface area contributed by atoms with Crippen LogP contribution in [0.25, 0.3) is 0 Å². The molecule has 0 saturated carbocycles. The summed E-state index contributed by atoms with van der Waals surface area (Å²) in [6.07, 6.45) is 0. The number of amides is 1. The van der Waals surface area contributed by atoms with Gasteiger partial charge in [0.05, 0.1) is 24.7 Å². The fourth-order valence-electron chi connectivity index (χ4n) is 3.19. The van der Waals surface area contributed by atoms with E-state index >= 15 is 0 Å². The SMILES string of the molecule is COC(=O)c1ccc(OCC(=O)Nc2ccc(S(=O)(=O)N(C)Cc3ccccc3)cc2)c(OC)c1. The maximum Gasteiger partial charge on any atom is 0.337 e. The zero-order valence-electron chi connectivity index (χ0n) is 19.6. The van der Waals surface area contributed by atoms with E-state index in [1.807, 2.05) is 30.3 Å². The number of rotatable bonds is 10. The third-order valence-corrected chi connectivity index (χ3v) is 6.86. The molecular weight excluding hydrogens is 472 g/mol. The van der Waals surface area contributed by atoms with Crippen molar-refractivity contribution >= 4 is 27.6 Å². The number of nitrogens with zero attached hydrogens (tertiary/aromatic N) is 1. The highest BCUT2D eigenvalue weighted by Crippen LogP contribution is 2.28. The van der Waals surface area contributed by atoms with Crippen molar-refractivity contribution in [2.24, 2.45) is 0 Å². The molecule has 0 saturated heterocycles. The van der Waals surface area contributed by atoms with Crippen LogP contribution in [0.5, 0.6) is 11.5 Å². The fraction of sp³-hybridized carbons (Fsp3) is 0.200. The fourth-order valence-corrected chi connectivity index (χ4v) is 4.35. The van der Waals surface area contributed by atoms with Crippen molar-refractivity contribution in [3.05, 3.63) is 83.9 Å². The molecule has 3 aromatic carbocycles. The van der Waals surface area contributed by atoms with E-state index in [-0.39, 0.29) is 35.1 Å². The predicted octanol–water partition coefficient (Wildman–Crippen LogP) is 3.32. The predicted molar refractivity (Wildman–Crippen MR) is 130 cm³/mol. The Morgan fingerprint density at radius 1 is 0.914 bits per heavy atom. The number of carbonyl (C=O) groups is 2. The summed E-state index contributed by atoms with van der Waals surface area (Å²) in [4.78, 5) is 24.1. The number of carbonyl (C=O) groups excluding carboxylic acids is 2. The minimum atomic E-state index is -3.70. The smallest absolute Gasteiger partial charge is 0.337 e. The highest BCUT2D eigenvalue weighted by molar-refractivity contribution is 7.89. The Kier molecular flexibility index (Phi) is 8.45. The second-order valence-electron chi connectivity index (χ2n) is 7.47. The van der Waals surface area contributed by atoms with Crippen molar-refractivity contribution in [3.63, 3.8) is 0 Å². The van der Waals surface area contributed by atoms with Crippen LogP contribution in [0, 0.1) is 0 Å². The first-order valence-corrected chi connectivity index (χ1v) is 12.0. The number of nitrogens with one attached hydrogen (secondary N) is 1. The number of esters is 1. The molecule has 0 aromatic heterocycles. The van der Waals surface area contributed by atoms with Gasteiger partial charge in [-0.25, -0.2) is 13.2 Å². The molecule has 1 N–H and O–H groups in total. The average Bonchev–Trinajstić information content (AvgIpc) is 2.87. The molecule has 0 unspecified atom stereocenters. The van der Waals surface area contributed by atoms with E-state index in [9.17, 15) is 18.0 Å². The van der Waals surface area contributed by atoms with E-state index in [4.69, 9.17) is 9.47 Å². The summed E-state index contributed by atoms with van der Waals surface area (Å²) in [6, 6.07) is 19.6. The Morgan fingerprint density at radius 3 is 2.23 bits per heavy atom. The van der Waals surface area contributed by atoms with Gasteiger partial charge in [0.2, 0.25) is 10.0 Å². The van der Waals surface area contributed by atoms with E-state index in [1.54, 1.807) is 0 Å². The van der Waals surface area contributed by atoms with E-state index < -0.39 is 21.9 Å². The Balaban J connectivity index is 1.59. The van der Waals surface area contributed by atoms with Gasteiger partial charge in [0.15, 0.2) is 18.1 Å². The molecule has 0 atom stereocenters. The van der Waals surface area contributed by atoms with Crippen LogP contribution in [-0.2, 0) is 26.1 Å². The number of benzene rings is 3. The maximum atomic E-state index is 12.9. The molecule has 0 aliphatic heterocycles. The molecule has 0 bridgehead atoms. The Bertz CT molecular complexity index is 1280. The van der Waals surface area contributed by atoms with Crippen LogP contribution in [0.1, 0.15) is 15.9 Å². The van der Waals surface area contributed by atoms with Gasteiger partial charge in [-0.2, -0.15) is 4.31 Å². The molecule has 0 aliphatic rings. The maximum absolute atomic E-state index is 12.9. The topological polar surface area (TPSA) is 111 Å². The van der Waals surface area contributed by atoms with Crippen molar-refractivity contribution in [1.82, 2.24) is 4.31 Å². The van der Waals surface area contributed by atoms with Crippen LogP contribution in [-0.4, -0.2) is 52.5 Å². The van der Waals surface area contributed by atoms with Crippen molar-refractivity contribution in [1.29, 1.82) is 0 Å². The quantitative estimate of drug-likeness (QED) is 0.427. The molecule has 10 heteroatoms. The molecule has 9 nitrogen and oxygen atoms in total. The molecule has 3 rings (SSSR count). The molecule has 184 valence electrons. The van der Waals surface area contributed by atoms with Crippen molar-refractivity contribution in [2.75, 3.05) is 33.2 Å². The van der Waals surface area contributed by atoms with Crippen LogP contribution in [0.3, 0.4) is 0 Å². The standard InChI is InChI=1S/C25H26N2O7S/c1-27(16-18-7-5-4-6-8-18)35(30,31)21-12-10-20(11-13-21)26-24(28)17-34-22-14-9-19(25(29)33-3)15-23(22)32-2/h4-15H,16-17H2,1-3H3,(H,26,28). The van der Waals surface area contributed by atoms with Gasteiger partial charge in [0.1, 0.15) is 0 Å². The second-order valence-corrected chi connectivity index (χ2v) is 9.51. The summed E-state index contributed by atoms with van der Waals surface area (Å²) < 4.78 is 42.4. The van der Waals surface area contributed by atoms with Crippen LogP contribution in [0.2, 0.25) is 0 Å². The zero-order valence-corrected chi connectivity index (χ0v) is 20.4. The monoisotopic (exact) mass is 498 g/mol. The van der Waals surface area contributed by atoms with Crippen LogP contribution < -0.4 is 14.8 Å². The van der Waals surface area contributed by atoms with E-state index in [1.165, 1.54) is 68.0 Å². The number of hydrogen-bond acceptors (Lipinski definition) is 7. The number of ether oxygens (including phenoxy) is 3. The van der Waals surface area contributed by atoms with Gasteiger partial charge in [-0.05, 0) is 48.0 Å². The Hall–Kier alpha value is -3.89. The van der Waals surface area contributed by atoms with Gasteiger partial charge >= 0.3 is 5.97 Å². The van der Waals surface area contributed by atoms with Crippen molar-refractivity contribution < 1.29 is 32.2 Å². The molecule has 0 spiro atoms. The second kappa shape index (κ2) is 11.5. The Morgan fingerprint density at radius 2 is 1.60 bits per heavy atom. The van der Waals surface area contributed by atoms with Gasteiger partial charge in [0, 0.05) is 19.3 Å². The van der Waals surface area contributed by atoms with E-state index in [0.717, 1.165) is 5.56 Å². The van der Waals surface area contributed by atoms with Crippen molar-refractivity contribution in [3.8, 4) is 11.5 Å². The largest absolute Gasteiger partial charge is 0.493 e. The van der Waals surface area contributed by atoms with Gasteiger partial charge in [-0.1, -0.05) is 30.3 Å². The molecular formula is C25H26N2O7S. The molecule has 0 aliphatic carbocycles. The number of sulfonamides is 1. The minimum absolute atomic E-state index is 0.112. The molecule has 0 heterocycles. The van der Waals surface area contributed by atoms with Crippen LogP contribution in [0.15, 0.2) is 77.7 Å². The normalized spacial score (nSPS) is 11.1. The number of methoxy groups -OCH3 is 2. The van der Waals surface area contributed by atoms with E-state index in [2.05, 4.69) is 10.1 Å². The third-order valence-electron chi connectivity index (χ3n) is 5.04. The lowest BCUT2D eigenvalue weighted by Crippen LogP contribution is -2.26. The van der Waals surface area contributed by atoms with Gasteiger partial charge in [-0.15, -0.1) is 0 Å². The lowest BCUT2D eigenvalue weighted by atomic mass is 10.2. The first-order valence-electron chi connectivity index (χ1n) is 10.5. The molecule has 0 radical (unpaired) electrons. The number of anilines is 1. The summed E-state index contributed by atoms with van der Waals surface area (Å²) in [7, 11) is 0.502. The number of hydrogen-bond donors (Lipinski definition) is 1. The van der Waals surface area contributed by atoms with Gasteiger partial charge in [0.25, 0.3) is 5.91 Å². The Labute approximate surface area is 204 Å². The average molecular weight is 499 g/mol. The molecule has 1 amide bonds. The third kappa shape index (κ3) is 6.58. The summed E-state index contributed by atoms with van der Waals surface area (Å²) in [5.74, 6) is -0.432.